The van der Waals surface area contributed by atoms with Crippen LogP contribution >= 0.6 is 11.6 Å². The van der Waals surface area contributed by atoms with Crippen molar-refractivity contribution in [3.05, 3.63) is 61.4 Å². The number of Topliss-reactive ketones (excluding diaryl/α,β-unsaturated/α-hetero) is 1. The molecule has 1 aromatic carbocycles. The van der Waals surface area contributed by atoms with Gasteiger partial charge in [-0.3, -0.25) is 14.9 Å². The highest BCUT2D eigenvalue weighted by Crippen LogP contribution is 2.47. The second-order valence-corrected chi connectivity index (χ2v) is 10.0. The summed E-state index contributed by atoms with van der Waals surface area (Å²) < 4.78 is 11.1. The number of nitrogens with one attached hydrogen (secondary N) is 1. The summed E-state index contributed by atoms with van der Waals surface area (Å²) in [6, 6.07) is 4.40. The Morgan fingerprint density at radius 2 is 2.12 bits per heavy atom. The molecular weight excluding hydrogens is 448 g/mol. The highest BCUT2D eigenvalue weighted by molar-refractivity contribution is 6.32. The van der Waals surface area contributed by atoms with Crippen LogP contribution in [0.25, 0.3) is 0 Å². The highest BCUT2D eigenvalue weighted by Gasteiger charge is 2.43. The maximum Gasteiger partial charge on any atom is 0.336 e. The van der Waals surface area contributed by atoms with Crippen LogP contribution in [-0.4, -0.2) is 36.0 Å². The molecule has 3 aliphatic rings. The number of nitro groups is 1. The molecule has 9 heteroatoms. The maximum absolute atomic E-state index is 13.3. The Kier molecular flexibility index (Phi) is 6.33. The van der Waals surface area contributed by atoms with Crippen LogP contribution in [-0.2, 0) is 19.1 Å². The first-order chi connectivity index (χ1) is 15.6. The molecule has 1 aromatic rings. The van der Waals surface area contributed by atoms with Gasteiger partial charge in [-0.25, -0.2) is 4.79 Å². The van der Waals surface area contributed by atoms with Gasteiger partial charge in [0, 0.05) is 42.0 Å². The summed E-state index contributed by atoms with van der Waals surface area (Å²) in [6.45, 7) is 6.56. The lowest BCUT2D eigenvalue weighted by atomic mass is 9.68. The molecule has 176 valence electrons. The molecule has 4 rings (SSSR count). The average molecular weight is 475 g/mol. The zero-order valence-corrected chi connectivity index (χ0v) is 19.7. The van der Waals surface area contributed by atoms with E-state index in [9.17, 15) is 19.7 Å². The van der Waals surface area contributed by atoms with Crippen molar-refractivity contribution in [3.8, 4) is 0 Å². The molecule has 2 aliphatic heterocycles. The number of ether oxygens (including phenoxy) is 2. The van der Waals surface area contributed by atoms with Gasteiger partial charge in [-0.1, -0.05) is 31.5 Å². The molecule has 0 unspecified atom stereocenters. The Hall–Kier alpha value is -2.71. The van der Waals surface area contributed by atoms with Crippen LogP contribution in [0.3, 0.4) is 0 Å². The van der Waals surface area contributed by atoms with Gasteiger partial charge in [-0.15, -0.1) is 0 Å². The molecule has 1 aliphatic carbocycles. The van der Waals surface area contributed by atoms with Gasteiger partial charge in [-0.05, 0) is 43.2 Å². The summed E-state index contributed by atoms with van der Waals surface area (Å²) >= 11 is 6.03. The van der Waals surface area contributed by atoms with E-state index in [1.54, 1.807) is 13.0 Å². The zero-order chi connectivity index (χ0) is 23.9. The van der Waals surface area contributed by atoms with Gasteiger partial charge < -0.3 is 14.8 Å². The molecule has 8 nitrogen and oxygen atoms in total. The second-order valence-electron chi connectivity index (χ2n) is 9.63. The zero-order valence-electron chi connectivity index (χ0n) is 18.9. The standard InChI is InChI=1S/C24H27ClN2O6/c1-13-20(23(29)33-12-15-5-4-8-32-15)21(14-6-7-16(25)18(9-14)27(30)31)22-17(26-13)10-24(2,3)11-19(22)28/h6-7,9,15,21,26H,4-5,8,10-12H2,1-3H3/t15-,21-/m1/s1. The van der Waals surface area contributed by atoms with Crippen molar-refractivity contribution in [3.63, 3.8) is 0 Å². The number of hydrogen-bond acceptors (Lipinski definition) is 7. The third kappa shape index (κ3) is 4.68. The molecule has 0 amide bonds. The Morgan fingerprint density at radius 1 is 1.36 bits per heavy atom. The van der Waals surface area contributed by atoms with Gasteiger partial charge in [0.25, 0.3) is 5.69 Å². The highest BCUT2D eigenvalue weighted by atomic mass is 35.5. The third-order valence-corrected chi connectivity index (χ3v) is 6.70. The van der Waals surface area contributed by atoms with E-state index < -0.39 is 16.8 Å². The fraction of sp³-hybridized carbons (Fsp3) is 0.500. The van der Waals surface area contributed by atoms with Crippen molar-refractivity contribution in [2.75, 3.05) is 13.2 Å². The van der Waals surface area contributed by atoms with Gasteiger partial charge in [-0.2, -0.15) is 0 Å². The SMILES string of the molecule is CC1=C(C(=O)OC[C@H]2CCCO2)[C@@H](c2ccc(Cl)c([N+](=O)[O-])c2)C2=C(CC(C)(C)CC2=O)N1. The van der Waals surface area contributed by atoms with E-state index in [1.165, 1.54) is 12.1 Å². The van der Waals surface area contributed by atoms with E-state index in [0.717, 1.165) is 18.5 Å². The molecule has 33 heavy (non-hydrogen) atoms. The normalized spacial score (nSPS) is 24.4. The summed E-state index contributed by atoms with van der Waals surface area (Å²) in [5, 5.41) is 14.8. The predicted octanol–water partition coefficient (Wildman–Crippen LogP) is 4.57. The maximum atomic E-state index is 13.3. The van der Waals surface area contributed by atoms with Crippen LogP contribution in [0.2, 0.25) is 5.02 Å². The molecule has 2 atom stereocenters. The summed E-state index contributed by atoms with van der Waals surface area (Å²) in [4.78, 5) is 37.5. The van der Waals surface area contributed by atoms with Crippen LogP contribution in [0, 0.1) is 15.5 Å². The van der Waals surface area contributed by atoms with E-state index in [-0.39, 0.29) is 40.2 Å². The van der Waals surface area contributed by atoms with Crippen molar-refractivity contribution in [1.82, 2.24) is 5.32 Å². The minimum atomic E-state index is -0.780. The van der Waals surface area contributed by atoms with Crippen LogP contribution < -0.4 is 5.32 Å². The number of esters is 1. The summed E-state index contributed by atoms with van der Waals surface area (Å²) in [5.41, 5.74) is 1.99. The number of allylic oxidation sites excluding steroid dienone is 3. The number of carbonyl (C=O) groups excluding carboxylic acids is 2. The van der Waals surface area contributed by atoms with Crippen molar-refractivity contribution in [2.45, 2.75) is 58.5 Å². The summed E-state index contributed by atoms with van der Waals surface area (Å²) in [7, 11) is 0. The average Bonchev–Trinajstić information content (AvgIpc) is 3.24. The number of rotatable bonds is 5. The van der Waals surface area contributed by atoms with E-state index in [2.05, 4.69) is 5.32 Å². The molecule has 0 spiro atoms. The summed E-state index contributed by atoms with van der Waals surface area (Å²) in [5.74, 6) is -1.44. The number of halogens is 1. The second kappa shape index (κ2) is 8.91. The smallest absolute Gasteiger partial charge is 0.336 e. The number of carbonyl (C=O) groups is 2. The topological polar surface area (TPSA) is 108 Å². The van der Waals surface area contributed by atoms with E-state index in [4.69, 9.17) is 21.1 Å². The lowest BCUT2D eigenvalue weighted by Gasteiger charge is -2.39. The van der Waals surface area contributed by atoms with Crippen LogP contribution in [0.1, 0.15) is 57.9 Å². The summed E-state index contributed by atoms with van der Waals surface area (Å²) in [6.07, 6.45) is 2.53. The monoisotopic (exact) mass is 474 g/mol. The molecule has 0 radical (unpaired) electrons. The molecule has 1 fully saturated rings. The molecule has 1 N–H and O–H groups in total. The van der Waals surface area contributed by atoms with Crippen LogP contribution in [0.4, 0.5) is 5.69 Å². The number of nitro benzene ring substituents is 1. The van der Waals surface area contributed by atoms with Gasteiger partial charge >= 0.3 is 5.97 Å². The van der Waals surface area contributed by atoms with E-state index >= 15 is 0 Å². The first-order valence-electron chi connectivity index (χ1n) is 11.0. The molecular formula is C24H27ClN2O6. The van der Waals surface area contributed by atoms with Crippen molar-refractivity contribution >= 4 is 29.0 Å². The Morgan fingerprint density at radius 3 is 2.79 bits per heavy atom. The number of hydrogen-bond donors (Lipinski definition) is 1. The minimum absolute atomic E-state index is 0.00815. The first-order valence-corrected chi connectivity index (χ1v) is 11.4. The van der Waals surface area contributed by atoms with Crippen molar-refractivity contribution < 1.29 is 24.0 Å². The minimum Gasteiger partial charge on any atom is -0.459 e. The van der Waals surface area contributed by atoms with Crippen molar-refractivity contribution in [1.29, 1.82) is 0 Å². The molecule has 1 saturated heterocycles. The number of benzene rings is 1. The van der Waals surface area contributed by atoms with Gasteiger partial charge in [0.15, 0.2) is 5.78 Å². The lowest BCUT2D eigenvalue weighted by molar-refractivity contribution is -0.384. The molecule has 0 saturated carbocycles. The van der Waals surface area contributed by atoms with E-state index in [0.29, 0.717) is 36.3 Å². The molecule has 2 heterocycles. The quantitative estimate of drug-likeness (QED) is 0.378. The predicted molar refractivity (Wildman–Crippen MR) is 122 cm³/mol. The number of dihydropyridines is 1. The first kappa shape index (κ1) is 23.4. The van der Waals surface area contributed by atoms with Gasteiger partial charge in [0.1, 0.15) is 11.6 Å². The van der Waals surface area contributed by atoms with Crippen LogP contribution in [0.15, 0.2) is 40.7 Å². The van der Waals surface area contributed by atoms with Crippen molar-refractivity contribution in [2.24, 2.45) is 5.41 Å². The molecule has 0 bridgehead atoms. The van der Waals surface area contributed by atoms with Gasteiger partial charge in [0.05, 0.1) is 16.6 Å². The fourth-order valence-corrected chi connectivity index (χ4v) is 5.10. The fourth-order valence-electron chi connectivity index (χ4n) is 4.91. The Bertz CT molecular complexity index is 1080. The largest absolute Gasteiger partial charge is 0.459 e. The number of nitrogens with zero attached hydrogens (tertiary/aromatic N) is 1. The Labute approximate surface area is 197 Å². The number of ketones is 1. The molecule has 0 aromatic heterocycles. The van der Waals surface area contributed by atoms with Crippen LogP contribution in [0.5, 0.6) is 0 Å². The third-order valence-electron chi connectivity index (χ3n) is 6.38. The lowest BCUT2D eigenvalue weighted by Crippen LogP contribution is -2.39. The van der Waals surface area contributed by atoms with E-state index in [1.807, 2.05) is 13.8 Å². The van der Waals surface area contributed by atoms with Gasteiger partial charge in [0.2, 0.25) is 0 Å². The Balaban J connectivity index is 1.78.